The van der Waals surface area contributed by atoms with Gasteiger partial charge in [0.1, 0.15) is 0 Å². The van der Waals surface area contributed by atoms with Crippen molar-refractivity contribution in [1.82, 2.24) is 9.55 Å². The van der Waals surface area contributed by atoms with Gasteiger partial charge in [-0.2, -0.15) is 0 Å². The molecular weight excluding hydrogens is 260 g/mol. The van der Waals surface area contributed by atoms with Crippen molar-refractivity contribution in [3.63, 3.8) is 0 Å². The summed E-state index contributed by atoms with van der Waals surface area (Å²) in [6, 6.07) is 8.27. The lowest BCUT2D eigenvalue weighted by Gasteiger charge is -2.14. The van der Waals surface area contributed by atoms with Crippen molar-refractivity contribution in [1.29, 1.82) is 0 Å². The average Bonchev–Trinajstić information content (AvgIpc) is 2.87. The molecule has 0 saturated heterocycles. The Morgan fingerprint density at radius 1 is 1.10 bits per heavy atom. The van der Waals surface area contributed by atoms with Gasteiger partial charge in [0.2, 0.25) is 0 Å². The maximum Gasteiger partial charge on any atom is 0.182 e. The second-order valence-electron chi connectivity index (χ2n) is 5.97. The van der Waals surface area contributed by atoms with Crippen LogP contribution in [0.25, 0.3) is 0 Å². The van der Waals surface area contributed by atoms with Gasteiger partial charge in [0.05, 0.1) is 12.9 Å². The van der Waals surface area contributed by atoms with Crippen molar-refractivity contribution < 1.29 is 4.79 Å². The van der Waals surface area contributed by atoms with Crippen LogP contribution in [0.15, 0.2) is 43.0 Å². The average molecular weight is 282 g/mol. The van der Waals surface area contributed by atoms with E-state index < -0.39 is 0 Å². The molecule has 3 heteroatoms. The first-order valence-electron chi connectivity index (χ1n) is 7.92. The molecule has 2 aromatic rings. The Labute approximate surface area is 126 Å². The van der Waals surface area contributed by atoms with E-state index in [4.69, 9.17) is 0 Å². The molecule has 1 aliphatic rings. The van der Waals surface area contributed by atoms with Gasteiger partial charge in [0.25, 0.3) is 0 Å². The molecule has 21 heavy (non-hydrogen) atoms. The molecule has 0 atom stereocenters. The van der Waals surface area contributed by atoms with E-state index in [0.29, 0.717) is 12.5 Å². The zero-order valence-corrected chi connectivity index (χ0v) is 12.4. The van der Waals surface area contributed by atoms with Crippen LogP contribution in [0.2, 0.25) is 0 Å². The van der Waals surface area contributed by atoms with Crippen LogP contribution < -0.4 is 0 Å². The van der Waals surface area contributed by atoms with Crippen molar-refractivity contribution >= 4 is 5.78 Å². The maximum atomic E-state index is 12.2. The number of imidazole rings is 1. The first kappa shape index (κ1) is 14.1. The number of Topliss-reactive ketones (excluding diaryl/α,β-unsaturated/α-hetero) is 1. The molecule has 0 unspecified atom stereocenters. The molecule has 3 nitrogen and oxygen atoms in total. The maximum absolute atomic E-state index is 12.2. The molecule has 0 radical (unpaired) electrons. The summed E-state index contributed by atoms with van der Waals surface area (Å²) in [6.07, 6.45) is 13.2. The summed E-state index contributed by atoms with van der Waals surface area (Å²) in [5, 5.41) is 0. The van der Waals surface area contributed by atoms with Crippen LogP contribution >= 0.6 is 0 Å². The van der Waals surface area contributed by atoms with Crippen molar-refractivity contribution in [2.75, 3.05) is 0 Å². The minimum atomic E-state index is 0.139. The van der Waals surface area contributed by atoms with Gasteiger partial charge in [-0.15, -0.1) is 0 Å². The Balaban J connectivity index is 1.67. The van der Waals surface area contributed by atoms with E-state index in [0.717, 1.165) is 5.56 Å². The van der Waals surface area contributed by atoms with Gasteiger partial charge < -0.3 is 4.57 Å². The number of carbonyl (C=O) groups excluding carboxylic acids is 1. The summed E-state index contributed by atoms with van der Waals surface area (Å²) in [6.45, 7) is 0.364. The number of hydrogen-bond acceptors (Lipinski definition) is 2. The molecule has 0 spiro atoms. The fourth-order valence-corrected chi connectivity index (χ4v) is 3.19. The Bertz CT molecular complexity index is 564. The van der Waals surface area contributed by atoms with Crippen molar-refractivity contribution in [3.8, 4) is 0 Å². The molecule has 1 aromatic carbocycles. The van der Waals surface area contributed by atoms with Crippen LogP contribution in [-0.2, 0) is 6.54 Å². The lowest BCUT2D eigenvalue weighted by atomic mass is 9.91. The van der Waals surface area contributed by atoms with E-state index in [1.807, 2.05) is 22.9 Å². The van der Waals surface area contributed by atoms with Gasteiger partial charge in [-0.25, -0.2) is 4.98 Å². The highest BCUT2D eigenvalue weighted by atomic mass is 16.1. The Hall–Kier alpha value is -1.90. The SMILES string of the molecule is O=C(Cn1ccnc1)c1ccc(C2CCCCCC2)cc1. The number of carbonyl (C=O) groups is 1. The second kappa shape index (κ2) is 6.70. The Kier molecular flexibility index (Phi) is 4.49. The summed E-state index contributed by atoms with van der Waals surface area (Å²) < 4.78 is 1.81. The molecule has 1 heterocycles. The van der Waals surface area contributed by atoms with E-state index in [2.05, 4.69) is 17.1 Å². The first-order valence-corrected chi connectivity index (χ1v) is 7.92. The van der Waals surface area contributed by atoms with E-state index in [-0.39, 0.29) is 5.78 Å². The standard InChI is InChI=1S/C18H22N2O/c21-18(13-20-12-11-19-14-20)17-9-7-16(8-10-17)15-5-3-1-2-4-6-15/h7-12,14-15H,1-6,13H2. The predicted octanol–water partition coefficient (Wildman–Crippen LogP) is 4.20. The molecule has 0 bridgehead atoms. The Morgan fingerprint density at radius 2 is 1.81 bits per heavy atom. The highest BCUT2D eigenvalue weighted by Crippen LogP contribution is 2.31. The molecule has 1 saturated carbocycles. The zero-order chi connectivity index (χ0) is 14.5. The molecule has 3 rings (SSSR count). The van der Waals surface area contributed by atoms with E-state index in [1.165, 1.54) is 44.1 Å². The zero-order valence-electron chi connectivity index (χ0n) is 12.4. The molecule has 1 aliphatic carbocycles. The molecule has 0 aliphatic heterocycles. The van der Waals surface area contributed by atoms with E-state index >= 15 is 0 Å². The number of ketones is 1. The van der Waals surface area contributed by atoms with Crippen LogP contribution in [0.4, 0.5) is 0 Å². The number of aromatic nitrogens is 2. The van der Waals surface area contributed by atoms with Gasteiger partial charge in [-0.1, -0.05) is 49.9 Å². The summed E-state index contributed by atoms with van der Waals surface area (Å²) in [4.78, 5) is 16.2. The number of hydrogen-bond donors (Lipinski definition) is 0. The normalized spacial score (nSPS) is 16.6. The lowest BCUT2D eigenvalue weighted by molar-refractivity contribution is 0.0972. The third-order valence-corrected chi connectivity index (χ3v) is 4.44. The summed E-state index contributed by atoms with van der Waals surface area (Å²) >= 11 is 0. The van der Waals surface area contributed by atoms with Crippen molar-refractivity contribution in [2.45, 2.75) is 51.0 Å². The minimum absolute atomic E-state index is 0.139. The first-order chi connectivity index (χ1) is 10.3. The smallest absolute Gasteiger partial charge is 0.182 e. The fourth-order valence-electron chi connectivity index (χ4n) is 3.19. The van der Waals surface area contributed by atoms with Crippen LogP contribution in [0.3, 0.4) is 0 Å². The van der Waals surface area contributed by atoms with Gasteiger partial charge in [-0.3, -0.25) is 4.79 Å². The molecule has 1 fully saturated rings. The van der Waals surface area contributed by atoms with Gasteiger partial charge in [-0.05, 0) is 24.3 Å². The third kappa shape index (κ3) is 3.60. The van der Waals surface area contributed by atoms with Gasteiger partial charge in [0.15, 0.2) is 5.78 Å². The molecular formula is C18H22N2O. The quantitative estimate of drug-likeness (QED) is 0.622. The third-order valence-electron chi connectivity index (χ3n) is 4.44. The van der Waals surface area contributed by atoms with E-state index in [9.17, 15) is 4.79 Å². The largest absolute Gasteiger partial charge is 0.330 e. The highest BCUT2D eigenvalue weighted by molar-refractivity contribution is 5.95. The van der Waals surface area contributed by atoms with Gasteiger partial charge >= 0.3 is 0 Å². The van der Waals surface area contributed by atoms with Crippen LogP contribution in [0.1, 0.15) is 60.4 Å². The topological polar surface area (TPSA) is 34.9 Å². The fraction of sp³-hybridized carbons (Fsp3) is 0.444. The van der Waals surface area contributed by atoms with E-state index in [1.54, 1.807) is 12.5 Å². The van der Waals surface area contributed by atoms with Crippen LogP contribution in [0.5, 0.6) is 0 Å². The van der Waals surface area contributed by atoms with Crippen LogP contribution in [-0.4, -0.2) is 15.3 Å². The van der Waals surface area contributed by atoms with Crippen LogP contribution in [0, 0.1) is 0 Å². The predicted molar refractivity (Wildman–Crippen MR) is 83.4 cm³/mol. The Morgan fingerprint density at radius 3 is 2.43 bits per heavy atom. The van der Waals surface area contributed by atoms with Crippen molar-refractivity contribution in [2.24, 2.45) is 0 Å². The minimum Gasteiger partial charge on any atom is -0.330 e. The summed E-state index contributed by atoms with van der Waals surface area (Å²) in [5.74, 6) is 0.825. The number of nitrogens with zero attached hydrogens (tertiary/aromatic N) is 2. The summed E-state index contributed by atoms with van der Waals surface area (Å²) in [5.41, 5.74) is 2.19. The van der Waals surface area contributed by atoms with Crippen molar-refractivity contribution in [3.05, 3.63) is 54.1 Å². The summed E-state index contributed by atoms with van der Waals surface area (Å²) in [7, 11) is 0. The molecule has 0 N–H and O–H groups in total. The monoisotopic (exact) mass is 282 g/mol. The second-order valence-corrected chi connectivity index (χ2v) is 5.97. The number of rotatable bonds is 4. The number of benzene rings is 1. The molecule has 0 amide bonds. The lowest BCUT2D eigenvalue weighted by Crippen LogP contribution is -2.09. The highest BCUT2D eigenvalue weighted by Gasteiger charge is 2.15. The molecule has 1 aromatic heterocycles. The molecule has 110 valence electrons. The van der Waals surface area contributed by atoms with Gasteiger partial charge in [0, 0.05) is 18.0 Å².